The summed E-state index contributed by atoms with van der Waals surface area (Å²) in [5.74, 6) is -1.66. The van der Waals surface area contributed by atoms with Crippen molar-refractivity contribution >= 4 is 9.84 Å². The average Bonchev–Trinajstić information content (AvgIpc) is 3.02. The summed E-state index contributed by atoms with van der Waals surface area (Å²) in [6.07, 6.45) is 0.0263. The lowest BCUT2D eigenvalue weighted by molar-refractivity contribution is 0.422. The summed E-state index contributed by atoms with van der Waals surface area (Å²) in [5, 5.41) is 3.65. The Kier molecular flexibility index (Phi) is 4.39. The van der Waals surface area contributed by atoms with Crippen LogP contribution in [0.15, 0.2) is 57.9 Å². The highest BCUT2D eigenvalue weighted by molar-refractivity contribution is 7.91. The molecule has 3 rings (SSSR count). The van der Waals surface area contributed by atoms with Gasteiger partial charge in [0.05, 0.1) is 10.6 Å². The first-order valence-electron chi connectivity index (χ1n) is 7.01. The van der Waals surface area contributed by atoms with Crippen molar-refractivity contribution in [3.63, 3.8) is 0 Å². The number of halogens is 2. The largest absolute Gasteiger partial charge is 0.334 e. The summed E-state index contributed by atoms with van der Waals surface area (Å²) in [6, 6.07) is 10.9. The van der Waals surface area contributed by atoms with Crippen molar-refractivity contribution in [1.82, 2.24) is 10.1 Å². The molecule has 0 saturated heterocycles. The molecule has 0 bridgehead atoms. The number of hydrogen-bond acceptors (Lipinski definition) is 5. The molecule has 0 fully saturated rings. The van der Waals surface area contributed by atoms with Crippen LogP contribution in [0.4, 0.5) is 8.78 Å². The molecule has 124 valence electrons. The Morgan fingerprint density at radius 3 is 2.33 bits per heavy atom. The van der Waals surface area contributed by atoms with E-state index in [1.54, 1.807) is 18.2 Å². The molecule has 0 aliphatic carbocycles. The van der Waals surface area contributed by atoms with Gasteiger partial charge in [-0.2, -0.15) is 4.98 Å². The molecule has 1 aromatic heterocycles. The van der Waals surface area contributed by atoms with E-state index in [2.05, 4.69) is 10.1 Å². The van der Waals surface area contributed by atoms with E-state index in [0.717, 1.165) is 18.2 Å². The fourth-order valence-electron chi connectivity index (χ4n) is 2.12. The van der Waals surface area contributed by atoms with E-state index in [9.17, 15) is 17.2 Å². The van der Waals surface area contributed by atoms with E-state index < -0.39 is 21.5 Å². The topological polar surface area (TPSA) is 73.1 Å². The van der Waals surface area contributed by atoms with Crippen molar-refractivity contribution < 1.29 is 21.7 Å². The zero-order valence-electron chi connectivity index (χ0n) is 12.3. The molecule has 0 aliphatic rings. The highest BCUT2D eigenvalue weighted by Gasteiger charge is 2.17. The Balaban J connectivity index is 1.75. The van der Waals surface area contributed by atoms with Gasteiger partial charge in [-0.15, -0.1) is 0 Å². The number of benzene rings is 2. The van der Waals surface area contributed by atoms with Crippen LogP contribution in [0, 0.1) is 11.6 Å². The van der Waals surface area contributed by atoms with Crippen molar-refractivity contribution in [2.24, 2.45) is 0 Å². The second-order valence-corrected chi connectivity index (χ2v) is 7.16. The van der Waals surface area contributed by atoms with Gasteiger partial charge in [0.1, 0.15) is 11.6 Å². The quantitative estimate of drug-likeness (QED) is 0.707. The number of rotatable bonds is 5. The predicted octanol–water partition coefficient (Wildman–Crippen LogP) is 3.03. The summed E-state index contributed by atoms with van der Waals surface area (Å²) in [6.45, 7) is 0. The monoisotopic (exact) mass is 350 g/mol. The zero-order valence-corrected chi connectivity index (χ0v) is 13.1. The van der Waals surface area contributed by atoms with E-state index in [0.29, 0.717) is 0 Å². The Bertz CT molecular complexity index is 936. The Morgan fingerprint density at radius 1 is 1.00 bits per heavy atom. The molecule has 0 spiro atoms. The molecule has 0 radical (unpaired) electrons. The third-order valence-corrected chi connectivity index (χ3v) is 5.01. The van der Waals surface area contributed by atoms with E-state index >= 15 is 0 Å². The molecule has 0 aliphatic heterocycles. The van der Waals surface area contributed by atoms with Gasteiger partial charge in [0, 0.05) is 18.1 Å². The Labute approximate surface area is 136 Å². The van der Waals surface area contributed by atoms with Crippen LogP contribution in [0.2, 0.25) is 0 Å². The maximum absolute atomic E-state index is 13.2. The van der Waals surface area contributed by atoms with Gasteiger partial charge in [-0.1, -0.05) is 23.4 Å². The highest BCUT2D eigenvalue weighted by atomic mass is 32.2. The van der Waals surface area contributed by atoms with E-state index in [4.69, 9.17) is 4.52 Å². The van der Waals surface area contributed by atoms with Crippen LogP contribution in [0.3, 0.4) is 0 Å². The van der Waals surface area contributed by atoms with Gasteiger partial charge in [-0.25, -0.2) is 17.2 Å². The summed E-state index contributed by atoms with van der Waals surface area (Å²) in [5.41, 5.74) is 0.0946. The summed E-state index contributed by atoms with van der Waals surface area (Å²) >= 11 is 0. The van der Waals surface area contributed by atoms with Gasteiger partial charge in [-0.05, 0) is 24.3 Å². The van der Waals surface area contributed by atoms with Crippen molar-refractivity contribution in [2.75, 3.05) is 5.75 Å². The third kappa shape index (κ3) is 3.65. The number of nitrogens with zero attached hydrogens (tertiary/aromatic N) is 2. The van der Waals surface area contributed by atoms with Crippen LogP contribution >= 0.6 is 0 Å². The minimum absolute atomic E-state index is 0.0263. The lowest BCUT2D eigenvalue weighted by Gasteiger charge is -2.01. The highest BCUT2D eigenvalue weighted by Crippen LogP contribution is 2.20. The van der Waals surface area contributed by atoms with Crippen molar-refractivity contribution in [3.05, 3.63) is 66.0 Å². The Morgan fingerprint density at radius 2 is 1.67 bits per heavy atom. The SMILES string of the molecule is O=S(=O)(CCc1noc(-c2cc(F)cc(F)c2)n1)c1ccccc1. The molecule has 1 heterocycles. The summed E-state index contributed by atoms with van der Waals surface area (Å²) < 4.78 is 55.7. The fraction of sp³-hybridized carbons (Fsp3) is 0.125. The van der Waals surface area contributed by atoms with E-state index in [1.807, 2.05) is 0 Å². The van der Waals surface area contributed by atoms with Crippen molar-refractivity contribution in [2.45, 2.75) is 11.3 Å². The second-order valence-electron chi connectivity index (χ2n) is 5.06. The van der Waals surface area contributed by atoms with Crippen LogP contribution in [0.25, 0.3) is 11.5 Å². The van der Waals surface area contributed by atoms with E-state index in [1.165, 1.54) is 12.1 Å². The molecule has 0 amide bonds. The van der Waals surface area contributed by atoms with Gasteiger partial charge in [-0.3, -0.25) is 0 Å². The van der Waals surface area contributed by atoms with Crippen LogP contribution in [0.5, 0.6) is 0 Å². The van der Waals surface area contributed by atoms with E-state index in [-0.39, 0.29) is 34.3 Å². The summed E-state index contributed by atoms with van der Waals surface area (Å²) in [7, 11) is -3.47. The van der Waals surface area contributed by atoms with Crippen molar-refractivity contribution in [1.29, 1.82) is 0 Å². The van der Waals surface area contributed by atoms with Crippen LogP contribution in [-0.2, 0) is 16.3 Å². The first-order valence-corrected chi connectivity index (χ1v) is 8.66. The first kappa shape index (κ1) is 16.3. The third-order valence-electron chi connectivity index (χ3n) is 3.27. The zero-order chi connectivity index (χ0) is 17.2. The number of aryl methyl sites for hydroxylation is 1. The van der Waals surface area contributed by atoms with Gasteiger partial charge < -0.3 is 4.52 Å². The predicted molar refractivity (Wildman–Crippen MR) is 81.8 cm³/mol. The summed E-state index contributed by atoms with van der Waals surface area (Å²) in [4.78, 5) is 4.19. The standard InChI is InChI=1S/C16H12F2N2O3S/c17-12-8-11(9-13(18)10-12)16-19-15(20-23-16)6-7-24(21,22)14-4-2-1-3-5-14/h1-5,8-10H,6-7H2. The van der Waals surface area contributed by atoms with Gasteiger partial charge >= 0.3 is 0 Å². The lowest BCUT2D eigenvalue weighted by atomic mass is 10.2. The molecular weight excluding hydrogens is 338 g/mol. The maximum atomic E-state index is 13.2. The average molecular weight is 350 g/mol. The molecule has 3 aromatic rings. The minimum Gasteiger partial charge on any atom is -0.334 e. The molecule has 0 N–H and O–H groups in total. The number of aromatic nitrogens is 2. The smallest absolute Gasteiger partial charge is 0.258 e. The Hall–Kier alpha value is -2.61. The van der Waals surface area contributed by atoms with Crippen LogP contribution in [0.1, 0.15) is 5.82 Å². The van der Waals surface area contributed by atoms with Crippen molar-refractivity contribution in [3.8, 4) is 11.5 Å². The molecular formula is C16H12F2N2O3S. The van der Waals surface area contributed by atoms with Gasteiger partial charge in [0.25, 0.3) is 5.89 Å². The first-order chi connectivity index (χ1) is 11.4. The second kappa shape index (κ2) is 6.48. The molecule has 8 heteroatoms. The normalized spacial score (nSPS) is 11.6. The molecule has 24 heavy (non-hydrogen) atoms. The molecule has 0 saturated carbocycles. The number of hydrogen-bond donors (Lipinski definition) is 0. The lowest BCUT2D eigenvalue weighted by Crippen LogP contribution is -2.09. The maximum Gasteiger partial charge on any atom is 0.258 e. The molecule has 2 aromatic carbocycles. The van der Waals surface area contributed by atoms with Gasteiger partial charge in [0.15, 0.2) is 15.7 Å². The van der Waals surface area contributed by atoms with Crippen LogP contribution in [-0.4, -0.2) is 24.3 Å². The molecule has 0 unspecified atom stereocenters. The number of sulfone groups is 1. The van der Waals surface area contributed by atoms with Crippen LogP contribution < -0.4 is 0 Å². The van der Waals surface area contributed by atoms with Gasteiger partial charge in [0.2, 0.25) is 0 Å². The fourth-order valence-corrected chi connectivity index (χ4v) is 3.38. The molecule has 0 atom stereocenters. The minimum atomic E-state index is -3.47. The molecule has 5 nitrogen and oxygen atoms in total.